The molecular weight excluding hydrogens is 321 g/mol. The summed E-state index contributed by atoms with van der Waals surface area (Å²) in [5.74, 6) is -0.813. The number of likely N-dealkylation sites (tertiary alicyclic amines) is 1. The van der Waals surface area contributed by atoms with Gasteiger partial charge in [-0.3, -0.25) is 9.10 Å². The summed E-state index contributed by atoms with van der Waals surface area (Å²) in [6, 6.07) is 5.09. The molecule has 0 atom stereocenters. The van der Waals surface area contributed by atoms with Gasteiger partial charge in [0.2, 0.25) is 15.9 Å². The Bertz CT molecular complexity index is 640. The van der Waals surface area contributed by atoms with Gasteiger partial charge in [-0.15, -0.1) is 0 Å². The van der Waals surface area contributed by atoms with Crippen molar-refractivity contribution < 1.29 is 17.6 Å². The zero-order valence-corrected chi connectivity index (χ0v) is 14.1. The Labute approximate surface area is 136 Å². The summed E-state index contributed by atoms with van der Waals surface area (Å²) in [6.07, 6.45) is 2.72. The minimum atomic E-state index is -3.63. The Morgan fingerprint density at radius 3 is 2.39 bits per heavy atom. The summed E-state index contributed by atoms with van der Waals surface area (Å²) >= 11 is 0. The van der Waals surface area contributed by atoms with Gasteiger partial charge >= 0.3 is 0 Å². The number of amides is 1. The summed E-state index contributed by atoms with van der Waals surface area (Å²) in [7, 11) is -1.61. The molecule has 0 aliphatic carbocycles. The number of benzene rings is 1. The van der Waals surface area contributed by atoms with E-state index in [0.717, 1.165) is 36.5 Å². The number of piperidine rings is 1. The van der Waals surface area contributed by atoms with E-state index in [1.54, 1.807) is 0 Å². The van der Waals surface area contributed by atoms with Gasteiger partial charge in [-0.1, -0.05) is 0 Å². The molecule has 128 valence electrons. The molecule has 1 aromatic rings. The van der Waals surface area contributed by atoms with Gasteiger partial charge < -0.3 is 10.2 Å². The highest BCUT2D eigenvalue weighted by molar-refractivity contribution is 7.92. The molecule has 1 fully saturated rings. The first kappa shape index (κ1) is 17.7. The molecule has 1 aliphatic heterocycles. The number of hydrogen-bond acceptors (Lipinski definition) is 4. The average molecular weight is 343 g/mol. The van der Waals surface area contributed by atoms with Crippen molar-refractivity contribution in [2.45, 2.75) is 18.9 Å². The number of nitrogens with one attached hydrogen (secondary N) is 1. The highest BCUT2D eigenvalue weighted by atomic mass is 32.2. The van der Waals surface area contributed by atoms with Crippen molar-refractivity contribution in [3.63, 3.8) is 0 Å². The second kappa shape index (κ2) is 7.27. The van der Waals surface area contributed by atoms with Crippen LogP contribution in [0.3, 0.4) is 0 Å². The van der Waals surface area contributed by atoms with Gasteiger partial charge in [-0.25, -0.2) is 12.8 Å². The molecule has 0 spiro atoms. The highest BCUT2D eigenvalue weighted by Crippen LogP contribution is 2.18. The van der Waals surface area contributed by atoms with Crippen LogP contribution in [0.15, 0.2) is 24.3 Å². The number of hydrogen-bond donors (Lipinski definition) is 1. The molecule has 1 aromatic carbocycles. The van der Waals surface area contributed by atoms with E-state index in [2.05, 4.69) is 10.2 Å². The lowest BCUT2D eigenvalue weighted by Crippen LogP contribution is -2.47. The van der Waals surface area contributed by atoms with Crippen LogP contribution in [0.5, 0.6) is 0 Å². The number of carbonyl (C=O) groups excluding carboxylic acids is 1. The molecule has 6 nitrogen and oxygen atoms in total. The van der Waals surface area contributed by atoms with E-state index < -0.39 is 15.8 Å². The van der Waals surface area contributed by atoms with Gasteiger partial charge in [0.1, 0.15) is 12.4 Å². The summed E-state index contributed by atoms with van der Waals surface area (Å²) in [6.45, 7) is 1.49. The Morgan fingerprint density at radius 1 is 1.30 bits per heavy atom. The Kier molecular flexibility index (Phi) is 5.59. The van der Waals surface area contributed by atoms with Crippen molar-refractivity contribution in [3.05, 3.63) is 30.1 Å². The standard InChI is InChI=1S/C15H22FN3O3S/c1-18-9-7-13(8-10-18)17-15(20)11-19(23(2,21)22)14-5-3-12(16)4-6-14/h3-6,13H,7-11H2,1-2H3,(H,17,20). The van der Waals surface area contributed by atoms with Crippen LogP contribution in [0, 0.1) is 5.82 Å². The van der Waals surface area contributed by atoms with Gasteiger partial charge in [0.25, 0.3) is 0 Å². The van der Waals surface area contributed by atoms with E-state index in [0.29, 0.717) is 0 Å². The van der Waals surface area contributed by atoms with E-state index in [-0.39, 0.29) is 24.2 Å². The third kappa shape index (κ3) is 5.18. The first-order chi connectivity index (χ1) is 10.8. The Morgan fingerprint density at radius 2 is 1.87 bits per heavy atom. The van der Waals surface area contributed by atoms with E-state index >= 15 is 0 Å². The van der Waals surface area contributed by atoms with Crippen LogP contribution < -0.4 is 9.62 Å². The van der Waals surface area contributed by atoms with Gasteiger partial charge in [-0.2, -0.15) is 0 Å². The third-order valence-corrected chi connectivity index (χ3v) is 5.03. The fraction of sp³-hybridized carbons (Fsp3) is 0.533. The summed E-state index contributed by atoms with van der Waals surface area (Å²) < 4.78 is 37.8. The van der Waals surface area contributed by atoms with Crippen molar-refractivity contribution in [2.24, 2.45) is 0 Å². The van der Waals surface area contributed by atoms with Crippen molar-refractivity contribution in [2.75, 3.05) is 37.2 Å². The molecule has 1 heterocycles. The molecule has 23 heavy (non-hydrogen) atoms. The largest absolute Gasteiger partial charge is 0.352 e. The SMILES string of the molecule is CN1CCC(NC(=O)CN(c2ccc(F)cc2)S(C)(=O)=O)CC1. The van der Waals surface area contributed by atoms with Crippen LogP contribution in [-0.4, -0.2) is 58.2 Å². The molecule has 1 amide bonds. The lowest BCUT2D eigenvalue weighted by atomic mass is 10.1. The zero-order chi connectivity index (χ0) is 17.0. The second-order valence-electron chi connectivity index (χ2n) is 5.89. The molecule has 0 saturated carbocycles. The van der Waals surface area contributed by atoms with Crippen LogP contribution in [-0.2, 0) is 14.8 Å². The minimum Gasteiger partial charge on any atom is -0.352 e. The smallest absolute Gasteiger partial charge is 0.240 e. The monoisotopic (exact) mass is 343 g/mol. The minimum absolute atomic E-state index is 0.0633. The lowest BCUT2D eigenvalue weighted by Gasteiger charge is -2.30. The first-order valence-corrected chi connectivity index (χ1v) is 9.32. The topological polar surface area (TPSA) is 69.7 Å². The maximum Gasteiger partial charge on any atom is 0.240 e. The molecule has 1 saturated heterocycles. The van der Waals surface area contributed by atoms with Crippen molar-refractivity contribution in [1.29, 1.82) is 0 Å². The molecule has 1 aliphatic rings. The summed E-state index contributed by atoms with van der Waals surface area (Å²) in [4.78, 5) is 14.4. The van der Waals surface area contributed by atoms with Crippen molar-refractivity contribution in [3.8, 4) is 0 Å². The molecule has 0 aromatic heterocycles. The zero-order valence-electron chi connectivity index (χ0n) is 13.3. The molecule has 0 bridgehead atoms. The molecule has 0 unspecified atom stereocenters. The second-order valence-corrected chi connectivity index (χ2v) is 7.80. The predicted octanol–water partition coefficient (Wildman–Crippen LogP) is 0.802. The third-order valence-electron chi connectivity index (χ3n) is 3.89. The molecular formula is C15H22FN3O3S. The fourth-order valence-electron chi connectivity index (χ4n) is 2.56. The fourth-order valence-corrected chi connectivity index (χ4v) is 3.42. The number of anilines is 1. The number of nitrogens with zero attached hydrogens (tertiary/aromatic N) is 2. The maximum absolute atomic E-state index is 13.0. The number of sulfonamides is 1. The summed E-state index contributed by atoms with van der Waals surface area (Å²) in [5.41, 5.74) is 0.271. The molecule has 1 N–H and O–H groups in total. The quantitative estimate of drug-likeness (QED) is 0.859. The first-order valence-electron chi connectivity index (χ1n) is 7.47. The van der Waals surface area contributed by atoms with Gasteiger partial charge in [0.05, 0.1) is 11.9 Å². The number of carbonyl (C=O) groups is 1. The molecule has 8 heteroatoms. The van der Waals surface area contributed by atoms with Crippen LogP contribution in [0.1, 0.15) is 12.8 Å². The van der Waals surface area contributed by atoms with Crippen LogP contribution >= 0.6 is 0 Å². The van der Waals surface area contributed by atoms with E-state index in [1.807, 2.05) is 7.05 Å². The van der Waals surface area contributed by atoms with Crippen LogP contribution in [0.4, 0.5) is 10.1 Å². The molecule has 0 radical (unpaired) electrons. The van der Waals surface area contributed by atoms with Gasteiger partial charge in [0.15, 0.2) is 0 Å². The number of halogens is 1. The Hall–Kier alpha value is -1.67. The predicted molar refractivity (Wildman–Crippen MR) is 87.3 cm³/mol. The van der Waals surface area contributed by atoms with Crippen molar-refractivity contribution in [1.82, 2.24) is 10.2 Å². The van der Waals surface area contributed by atoms with E-state index in [9.17, 15) is 17.6 Å². The highest BCUT2D eigenvalue weighted by Gasteiger charge is 2.23. The maximum atomic E-state index is 13.0. The van der Waals surface area contributed by atoms with Crippen LogP contribution in [0.25, 0.3) is 0 Å². The van der Waals surface area contributed by atoms with Crippen molar-refractivity contribution >= 4 is 21.6 Å². The molecule has 2 rings (SSSR count). The Balaban J connectivity index is 2.03. The van der Waals surface area contributed by atoms with Gasteiger partial charge in [-0.05, 0) is 57.2 Å². The summed E-state index contributed by atoms with van der Waals surface area (Å²) in [5, 5.41) is 2.88. The van der Waals surface area contributed by atoms with E-state index in [1.165, 1.54) is 24.3 Å². The van der Waals surface area contributed by atoms with E-state index in [4.69, 9.17) is 0 Å². The van der Waals surface area contributed by atoms with Crippen LogP contribution in [0.2, 0.25) is 0 Å². The lowest BCUT2D eigenvalue weighted by molar-refractivity contribution is -0.120. The average Bonchev–Trinajstić information content (AvgIpc) is 2.47. The number of rotatable bonds is 5. The normalized spacial score (nSPS) is 17.0. The van der Waals surface area contributed by atoms with Gasteiger partial charge in [0, 0.05) is 6.04 Å².